The lowest BCUT2D eigenvalue weighted by Crippen LogP contribution is -2.53. The Morgan fingerprint density at radius 3 is 1.32 bits per heavy atom. The number of aryl methyl sites for hydroxylation is 1. The zero-order valence-electron chi connectivity index (χ0n) is 84.3. The molecule has 8 aromatic heterocycles. The third-order valence-electron chi connectivity index (χ3n) is 24.9. The van der Waals surface area contributed by atoms with Gasteiger partial charge < -0.3 is 38.4 Å². The Kier molecular flexibility index (Phi) is 48.2. The fraction of sp³-hybridized carbons (Fsp3) is 0.644. The number of tetrazole rings is 1. The Morgan fingerprint density at radius 2 is 0.915 bits per heavy atom. The average Bonchev–Trinajstić information content (AvgIpc) is 1.40. The standard InChI is InChI=1S/C19H30N2O.C18H29N3.C15H31N3.C9H11N3.C7H12N2.C7H11N.2C6H10N2.2C5H9N3.C4H8N4/c1-16(2)20-12-8-18(9-13-20)21-14-10-19(22,11-15-21)17-6-4-3-5-7-17;1-16(2)20-10-12-21(13-11-20)18-8-9-19(15-18)14-17-6-4-3-5-7-17;1-4-7-16-10-12-18(13-11-16)15-5-8-17(9-6-15)14(2)3;1-7(2)12-9-6-4-3-5-8(9)10-11-12;1-6(2)9-4-7(3)8-5-9;1-7(2)8-5-3-4-6-8;1-6(2)8-4-3-7-5-8;1-6(2)8-5-3-4-7-8;1-5(2)8-4-6-3-7-8;1-5(2)8-4-3-6-7-8;1-4(2)8-3-5-6-7-8/h3-7,16,18,22H,8-15H2,1-2H3;3-7,16,18H,8-15H2,1-2H3;14-15H,4-13H2,1-3H3;3-7H,1-2H3;4-6H,1-3H3;3-7H,1-2H3;2*3-6H,1-2H3;2*3-5H,1-2H3;3-4H,1-2H3. The summed E-state index contributed by atoms with van der Waals surface area (Å²) in [6.07, 6.45) is 35.5. The van der Waals surface area contributed by atoms with Crippen LogP contribution < -0.4 is 0 Å². The second-order valence-corrected chi connectivity index (χ2v) is 38.3. The molecule has 11 aromatic rings. The summed E-state index contributed by atoms with van der Waals surface area (Å²) in [5, 5.41) is 45.1. The molecule has 130 heavy (non-hydrogen) atoms. The summed E-state index contributed by atoms with van der Waals surface area (Å²) >= 11 is 0. The van der Waals surface area contributed by atoms with Crippen LogP contribution >= 0.6 is 0 Å². The molecule has 29 heteroatoms. The molecule has 6 saturated heterocycles. The van der Waals surface area contributed by atoms with Crippen LogP contribution in [0.2, 0.25) is 0 Å². The van der Waals surface area contributed by atoms with Crippen molar-refractivity contribution in [3.8, 4) is 0 Å². The van der Waals surface area contributed by atoms with Crippen molar-refractivity contribution < 1.29 is 5.11 Å². The molecule has 0 aliphatic carbocycles. The first-order chi connectivity index (χ1) is 62.3. The number of aromatic nitrogens is 20. The minimum atomic E-state index is -0.615. The first kappa shape index (κ1) is 108. The number of nitrogens with zero attached hydrogens (tertiary/aromatic N) is 28. The molecule has 1 unspecified atom stereocenters. The lowest BCUT2D eigenvalue weighted by molar-refractivity contribution is -0.0429. The number of piperazine rings is 2. The maximum absolute atomic E-state index is 10.9. The largest absolute Gasteiger partial charge is 0.385 e. The van der Waals surface area contributed by atoms with Crippen molar-refractivity contribution in [1.29, 1.82) is 0 Å². The Hall–Kier alpha value is -9.04. The highest BCUT2D eigenvalue weighted by atomic mass is 16.3. The van der Waals surface area contributed by atoms with Crippen LogP contribution in [0.3, 0.4) is 0 Å². The zero-order valence-corrected chi connectivity index (χ0v) is 84.3. The van der Waals surface area contributed by atoms with Gasteiger partial charge in [0.25, 0.3) is 0 Å². The normalized spacial score (nSPS) is 17.6. The van der Waals surface area contributed by atoms with Crippen LogP contribution in [0.4, 0.5) is 0 Å². The average molecular weight is 1790 g/mol. The number of imidazole rings is 2. The van der Waals surface area contributed by atoms with Crippen molar-refractivity contribution in [2.45, 2.75) is 314 Å². The fourth-order valence-corrected chi connectivity index (χ4v) is 16.4. The molecule has 14 heterocycles. The van der Waals surface area contributed by atoms with E-state index in [2.05, 4.69) is 314 Å². The zero-order chi connectivity index (χ0) is 94.5. The predicted molar refractivity (Wildman–Crippen MR) is 532 cm³/mol. The highest BCUT2D eigenvalue weighted by Gasteiger charge is 2.37. The maximum Gasteiger partial charge on any atom is 0.138 e. The van der Waals surface area contributed by atoms with Crippen LogP contribution in [0, 0.1) is 6.92 Å². The van der Waals surface area contributed by atoms with Crippen LogP contribution in [0.15, 0.2) is 191 Å². The van der Waals surface area contributed by atoms with Gasteiger partial charge in [-0.2, -0.15) is 10.2 Å². The molecule has 1 atom stereocenters. The molecule has 0 saturated carbocycles. The van der Waals surface area contributed by atoms with Crippen LogP contribution in [0.25, 0.3) is 11.0 Å². The van der Waals surface area contributed by atoms with Crippen LogP contribution in [0.5, 0.6) is 0 Å². The van der Waals surface area contributed by atoms with E-state index in [0.29, 0.717) is 60.4 Å². The van der Waals surface area contributed by atoms with Crippen molar-refractivity contribution in [3.63, 3.8) is 0 Å². The van der Waals surface area contributed by atoms with Gasteiger partial charge in [-0.1, -0.05) is 90.1 Å². The van der Waals surface area contributed by atoms with E-state index < -0.39 is 5.60 Å². The van der Waals surface area contributed by atoms with Crippen molar-refractivity contribution in [2.24, 2.45) is 0 Å². The first-order valence-corrected chi connectivity index (χ1v) is 48.8. The minimum Gasteiger partial charge on any atom is -0.385 e. The van der Waals surface area contributed by atoms with E-state index in [1.807, 2.05) is 128 Å². The van der Waals surface area contributed by atoms with E-state index in [-0.39, 0.29) is 0 Å². The number of hydrogen-bond acceptors (Lipinski definition) is 21. The molecule has 3 aromatic carbocycles. The SMILES string of the molecule is CC(C)N1CCC(N2CCC(O)(c3ccccc3)CC2)CC1.CC(C)N1CCN(C2CCN(Cc3ccccc3)C2)CC1.CC(C)n1cccc1.CC(C)n1cccn1.CC(C)n1ccnc1.CC(C)n1ccnn1.CC(C)n1cncn1.CC(C)n1cnnn1.CC(C)n1nnc2ccccc21.CCCN1CCN(C2CCN(C(C)C)CC2)CC1.Cc1cn(C(C)C)cn1. The molecule has 0 amide bonds. The van der Waals surface area contributed by atoms with Crippen LogP contribution in [-0.2, 0) is 12.1 Å². The lowest BCUT2D eigenvalue weighted by Gasteiger charge is -2.45. The van der Waals surface area contributed by atoms with Crippen molar-refractivity contribution in [3.05, 3.63) is 207 Å². The van der Waals surface area contributed by atoms with Crippen molar-refractivity contribution >= 4 is 11.0 Å². The lowest BCUT2D eigenvalue weighted by atomic mass is 9.83. The number of piperidine rings is 3. The number of rotatable bonds is 19. The summed E-state index contributed by atoms with van der Waals surface area (Å²) < 4.78 is 15.5. The summed E-state index contributed by atoms with van der Waals surface area (Å²) in [5.41, 5.74) is 5.07. The Labute approximate surface area is 782 Å². The number of fused-ring (bicyclic) bond motifs is 1. The summed E-state index contributed by atoms with van der Waals surface area (Å²) in [4.78, 5) is 33.0. The Morgan fingerprint density at radius 1 is 0.385 bits per heavy atom. The molecule has 6 aliphatic heterocycles. The van der Waals surface area contributed by atoms with E-state index in [9.17, 15) is 5.11 Å². The van der Waals surface area contributed by atoms with Gasteiger partial charge in [0.1, 0.15) is 24.5 Å². The van der Waals surface area contributed by atoms with Gasteiger partial charge in [0.15, 0.2) is 0 Å². The fourth-order valence-electron chi connectivity index (χ4n) is 16.4. The summed E-state index contributed by atoms with van der Waals surface area (Å²) in [7, 11) is 0. The molecule has 29 nitrogen and oxygen atoms in total. The molecular weight excluding hydrogens is 1620 g/mol. The van der Waals surface area contributed by atoms with Gasteiger partial charge in [0.2, 0.25) is 0 Å². The predicted octanol–water partition coefficient (Wildman–Crippen LogP) is 17.8. The molecule has 6 aliphatic rings. The second kappa shape index (κ2) is 58.1. The Balaban J connectivity index is 0.000000201. The number of benzene rings is 3. The van der Waals surface area contributed by atoms with Gasteiger partial charge in [0, 0.05) is 219 Å². The summed E-state index contributed by atoms with van der Waals surface area (Å²) in [6, 6.07) is 43.3. The smallest absolute Gasteiger partial charge is 0.138 e. The quantitative estimate of drug-likeness (QED) is 0.0791. The molecule has 0 radical (unpaired) electrons. The molecule has 17 rings (SSSR count). The van der Waals surface area contributed by atoms with Crippen LogP contribution in [0.1, 0.15) is 276 Å². The molecule has 1 N–H and O–H groups in total. The van der Waals surface area contributed by atoms with E-state index in [1.54, 1.807) is 51.6 Å². The van der Waals surface area contributed by atoms with Gasteiger partial charge in [-0.25, -0.2) is 24.3 Å². The molecule has 720 valence electrons. The number of likely N-dealkylation sites (tertiary alicyclic amines) is 4. The van der Waals surface area contributed by atoms with E-state index in [4.69, 9.17) is 0 Å². The number of aliphatic hydroxyl groups is 1. The van der Waals surface area contributed by atoms with E-state index >= 15 is 0 Å². The van der Waals surface area contributed by atoms with E-state index in [1.165, 1.54) is 142 Å². The van der Waals surface area contributed by atoms with Gasteiger partial charge >= 0.3 is 0 Å². The van der Waals surface area contributed by atoms with Crippen LogP contribution in [-0.4, -0.2) is 290 Å². The topological polar surface area (TPSA) is 240 Å². The minimum absolute atomic E-state index is 0.366. The van der Waals surface area contributed by atoms with E-state index in [0.717, 1.165) is 78.9 Å². The van der Waals surface area contributed by atoms with Gasteiger partial charge in [-0.3, -0.25) is 33.6 Å². The number of hydrogen-bond donors (Lipinski definition) is 1. The third-order valence-corrected chi connectivity index (χ3v) is 24.9. The molecule has 6 fully saturated rings. The first-order valence-electron chi connectivity index (χ1n) is 48.8. The molecule has 0 bridgehead atoms. The molecular formula is C101H170N28O. The van der Waals surface area contributed by atoms with Gasteiger partial charge in [-0.15, -0.1) is 15.3 Å². The Bertz CT molecular complexity index is 4180. The monoisotopic (exact) mass is 1790 g/mol. The third kappa shape index (κ3) is 38.3. The van der Waals surface area contributed by atoms with Gasteiger partial charge in [-0.05, 0) is 295 Å². The second-order valence-electron chi connectivity index (χ2n) is 38.3. The highest BCUT2D eigenvalue weighted by Crippen LogP contribution is 2.35. The highest BCUT2D eigenvalue weighted by molar-refractivity contribution is 5.73. The summed E-state index contributed by atoms with van der Waals surface area (Å²) in [6.45, 7) is 73.9. The summed E-state index contributed by atoms with van der Waals surface area (Å²) in [5.74, 6) is 0. The van der Waals surface area contributed by atoms with Gasteiger partial charge in [0.05, 0.1) is 35.7 Å². The van der Waals surface area contributed by atoms with Crippen molar-refractivity contribution in [1.82, 2.24) is 138 Å². The maximum atomic E-state index is 10.9. The molecule has 0 spiro atoms. The number of para-hydroxylation sites is 1. The van der Waals surface area contributed by atoms with Crippen molar-refractivity contribution in [2.75, 3.05) is 111 Å².